The number of nitrogens with zero attached hydrogens (tertiary/aromatic N) is 2. The molecule has 0 bridgehead atoms. The first kappa shape index (κ1) is 14.1. The molecule has 1 aliphatic heterocycles. The van der Waals surface area contributed by atoms with Gasteiger partial charge < -0.3 is 9.74 Å². The number of amides is 1. The van der Waals surface area contributed by atoms with Crippen molar-refractivity contribution in [3.8, 4) is 0 Å². The van der Waals surface area contributed by atoms with Crippen molar-refractivity contribution in [3.63, 3.8) is 0 Å². The van der Waals surface area contributed by atoms with Crippen molar-refractivity contribution >= 4 is 11.6 Å². The Labute approximate surface area is 125 Å². The van der Waals surface area contributed by atoms with Crippen LogP contribution in [0.25, 0.3) is 0 Å². The molecule has 0 radical (unpaired) electrons. The molecular weight excluding hydrogens is 264 g/mol. The normalized spacial score (nSPS) is 21.4. The van der Waals surface area contributed by atoms with Crippen molar-refractivity contribution in [3.05, 3.63) is 35.9 Å². The Balaban J connectivity index is 1.56. The van der Waals surface area contributed by atoms with E-state index in [2.05, 4.69) is 5.16 Å². The Kier molecular flexibility index (Phi) is 4.23. The summed E-state index contributed by atoms with van der Waals surface area (Å²) in [7, 11) is 0. The van der Waals surface area contributed by atoms with Gasteiger partial charge in [0.1, 0.15) is 0 Å². The van der Waals surface area contributed by atoms with Gasteiger partial charge in [0.15, 0.2) is 6.10 Å². The molecule has 0 aromatic heterocycles. The predicted molar refractivity (Wildman–Crippen MR) is 82.1 cm³/mol. The molecule has 1 heterocycles. The van der Waals surface area contributed by atoms with Crippen LogP contribution in [-0.4, -0.2) is 35.7 Å². The Bertz CT molecular complexity index is 523. The smallest absolute Gasteiger partial charge is 0.225 e. The third-order valence-electron chi connectivity index (χ3n) is 4.41. The minimum absolute atomic E-state index is 0.0100. The zero-order valence-electron chi connectivity index (χ0n) is 12.5. The van der Waals surface area contributed by atoms with Gasteiger partial charge >= 0.3 is 0 Å². The summed E-state index contributed by atoms with van der Waals surface area (Å²) in [6.07, 6.45) is 4.05. The van der Waals surface area contributed by atoms with E-state index in [0.29, 0.717) is 12.5 Å². The summed E-state index contributed by atoms with van der Waals surface area (Å²) in [5.41, 5.74) is 2.08. The van der Waals surface area contributed by atoms with Crippen LogP contribution >= 0.6 is 0 Å². The number of hydrogen-bond donors (Lipinski definition) is 0. The first-order valence-electron chi connectivity index (χ1n) is 7.85. The molecule has 0 N–H and O–H groups in total. The van der Waals surface area contributed by atoms with Crippen molar-refractivity contribution < 1.29 is 9.63 Å². The molecule has 1 aliphatic carbocycles. The van der Waals surface area contributed by atoms with E-state index in [-0.39, 0.29) is 12.0 Å². The molecule has 0 saturated heterocycles. The van der Waals surface area contributed by atoms with E-state index in [1.54, 1.807) is 0 Å². The average molecular weight is 286 g/mol. The molecule has 1 atom stereocenters. The zero-order chi connectivity index (χ0) is 14.7. The fourth-order valence-corrected chi connectivity index (χ4v) is 2.86. The quantitative estimate of drug-likeness (QED) is 0.835. The fraction of sp³-hybridized carbons (Fsp3) is 0.529. The maximum absolute atomic E-state index is 12.3. The zero-order valence-corrected chi connectivity index (χ0v) is 12.5. The molecule has 1 fully saturated rings. The second-order valence-corrected chi connectivity index (χ2v) is 5.84. The number of hydrogen-bond acceptors (Lipinski definition) is 3. The van der Waals surface area contributed by atoms with E-state index in [0.717, 1.165) is 37.1 Å². The van der Waals surface area contributed by atoms with Gasteiger partial charge in [0.2, 0.25) is 5.91 Å². The molecule has 4 nitrogen and oxygen atoms in total. The van der Waals surface area contributed by atoms with Gasteiger partial charge in [-0.3, -0.25) is 4.79 Å². The maximum atomic E-state index is 12.3. The van der Waals surface area contributed by atoms with E-state index in [1.807, 2.05) is 42.2 Å². The Hall–Kier alpha value is -1.84. The predicted octanol–water partition coefficient (Wildman–Crippen LogP) is 2.83. The topological polar surface area (TPSA) is 41.9 Å². The van der Waals surface area contributed by atoms with Crippen LogP contribution in [0.2, 0.25) is 0 Å². The monoisotopic (exact) mass is 286 g/mol. The molecule has 1 aromatic rings. The number of likely N-dealkylation sites (N-methyl/N-ethyl adjacent to an activating group) is 1. The lowest BCUT2D eigenvalue weighted by Gasteiger charge is -2.31. The van der Waals surface area contributed by atoms with Crippen molar-refractivity contribution in [2.24, 2.45) is 11.1 Å². The average Bonchev–Trinajstić information content (AvgIpc) is 2.92. The van der Waals surface area contributed by atoms with Crippen molar-refractivity contribution in [2.75, 3.05) is 13.1 Å². The molecule has 21 heavy (non-hydrogen) atoms. The van der Waals surface area contributed by atoms with Gasteiger partial charge in [-0.1, -0.05) is 41.9 Å². The lowest BCUT2D eigenvalue weighted by molar-refractivity contribution is -0.139. The molecule has 3 rings (SSSR count). The molecule has 1 saturated carbocycles. The summed E-state index contributed by atoms with van der Waals surface area (Å²) < 4.78 is 0. The summed E-state index contributed by atoms with van der Waals surface area (Å²) in [5.74, 6) is 0.543. The van der Waals surface area contributed by atoms with Crippen LogP contribution in [0.15, 0.2) is 35.5 Å². The van der Waals surface area contributed by atoms with Crippen molar-refractivity contribution in [1.29, 1.82) is 0 Å². The largest absolute Gasteiger partial charge is 0.390 e. The standard InChI is InChI=1S/C17H22N2O2/c1-2-19(17(20)14-9-6-10-14)12-15-11-16(18-21-15)13-7-4-3-5-8-13/h3-5,7-8,14-15H,2,6,9-12H2,1H3/t15-/m0/s1. The van der Waals surface area contributed by atoms with Crippen LogP contribution in [-0.2, 0) is 9.63 Å². The minimum Gasteiger partial charge on any atom is -0.390 e. The highest BCUT2D eigenvalue weighted by atomic mass is 16.6. The SMILES string of the molecule is CCN(C[C@@H]1CC(c2ccccc2)=NO1)C(=O)C1CCC1. The number of carbonyl (C=O) groups excluding carboxylic acids is 1. The maximum Gasteiger partial charge on any atom is 0.225 e. The second kappa shape index (κ2) is 6.29. The van der Waals surface area contributed by atoms with Gasteiger partial charge in [-0.25, -0.2) is 0 Å². The number of benzene rings is 1. The van der Waals surface area contributed by atoms with Crippen LogP contribution < -0.4 is 0 Å². The van der Waals surface area contributed by atoms with E-state index < -0.39 is 0 Å². The second-order valence-electron chi connectivity index (χ2n) is 5.84. The van der Waals surface area contributed by atoms with Gasteiger partial charge in [0, 0.05) is 18.9 Å². The van der Waals surface area contributed by atoms with Crippen LogP contribution in [0.3, 0.4) is 0 Å². The summed E-state index contributed by atoms with van der Waals surface area (Å²) >= 11 is 0. The highest BCUT2D eigenvalue weighted by Gasteiger charge is 2.32. The highest BCUT2D eigenvalue weighted by Crippen LogP contribution is 2.28. The Morgan fingerprint density at radius 1 is 1.33 bits per heavy atom. The molecular formula is C17H22N2O2. The van der Waals surface area contributed by atoms with Crippen molar-refractivity contribution in [2.45, 2.75) is 38.7 Å². The molecule has 2 aliphatic rings. The van der Waals surface area contributed by atoms with Crippen LogP contribution in [0, 0.1) is 5.92 Å². The molecule has 112 valence electrons. The lowest BCUT2D eigenvalue weighted by Crippen LogP contribution is -2.42. The summed E-state index contributed by atoms with van der Waals surface area (Å²) in [4.78, 5) is 19.8. The number of carbonyl (C=O) groups is 1. The molecule has 0 spiro atoms. The fourth-order valence-electron chi connectivity index (χ4n) is 2.86. The summed E-state index contributed by atoms with van der Waals surface area (Å²) in [5, 5.41) is 4.19. The minimum atomic E-state index is -0.0100. The molecule has 1 amide bonds. The van der Waals surface area contributed by atoms with E-state index in [4.69, 9.17) is 4.84 Å². The molecule has 1 aromatic carbocycles. The van der Waals surface area contributed by atoms with Gasteiger partial charge in [-0.2, -0.15) is 0 Å². The van der Waals surface area contributed by atoms with Crippen LogP contribution in [0.1, 0.15) is 38.2 Å². The highest BCUT2D eigenvalue weighted by molar-refractivity contribution is 6.01. The van der Waals surface area contributed by atoms with Crippen LogP contribution in [0.5, 0.6) is 0 Å². The van der Waals surface area contributed by atoms with E-state index >= 15 is 0 Å². The lowest BCUT2D eigenvalue weighted by atomic mass is 9.84. The third-order valence-corrected chi connectivity index (χ3v) is 4.41. The number of rotatable bonds is 5. The molecule has 4 heteroatoms. The van der Waals surface area contributed by atoms with Gasteiger partial charge in [-0.05, 0) is 25.3 Å². The first-order chi connectivity index (χ1) is 10.3. The third kappa shape index (κ3) is 3.09. The first-order valence-corrected chi connectivity index (χ1v) is 7.85. The van der Waals surface area contributed by atoms with E-state index in [9.17, 15) is 4.79 Å². The summed E-state index contributed by atoms with van der Waals surface area (Å²) in [6, 6.07) is 10.1. The van der Waals surface area contributed by atoms with Gasteiger partial charge in [-0.15, -0.1) is 0 Å². The van der Waals surface area contributed by atoms with Crippen molar-refractivity contribution in [1.82, 2.24) is 4.90 Å². The van der Waals surface area contributed by atoms with Gasteiger partial charge in [0.25, 0.3) is 0 Å². The molecule has 0 unspecified atom stereocenters. The van der Waals surface area contributed by atoms with E-state index in [1.165, 1.54) is 6.42 Å². The van der Waals surface area contributed by atoms with Crippen LogP contribution in [0.4, 0.5) is 0 Å². The Morgan fingerprint density at radius 3 is 2.71 bits per heavy atom. The Morgan fingerprint density at radius 2 is 2.10 bits per heavy atom. The summed E-state index contributed by atoms with van der Waals surface area (Å²) in [6.45, 7) is 3.42. The number of oxime groups is 1. The van der Waals surface area contributed by atoms with Gasteiger partial charge in [0.05, 0.1) is 12.3 Å².